The zero-order chi connectivity index (χ0) is 21.4. The Bertz CT molecular complexity index is 1150. The minimum Gasteiger partial charge on any atom is -0.507 e. The first-order chi connectivity index (χ1) is 15.1. The van der Waals surface area contributed by atoms with Crippen LogP contribution in [0.2, 0.25) is 0 Å². The van der Waals surface area contributed by atoms with Crippen molar-refractivity contribution in [1.82, 2.24) is 14.8 Å². The summed E-state index contributed by atoms with van der Waals surface area (Å²) in [5.41, 5.74) is 6.46. The molecule has 0 spiro atoms. The van der Waals surface area contributed by atoms with Crippen LogP contribution in [0.1, 0.15) is 42.1 Å². The highest BCUT2D eigenvalue weighted by molar-refractivity contribution is 5.71. The standard InChI is InChI=1S/C25H26FN3O2/c1-16-4-6-22-21(13-16)24(19-3-2-10-27-25(19)26)29(28-22)15-17-5-7-23(30)20(14-17)18-8-11-31-12-9-18/h2-3,5,7-8,10,14,16,30H,4,6,9,11-13,15H2,1H3. The third-order valence-corrected chi connectivity index (χ3v) is 6.28. The lowest BCUT2D eigenvalue weighted by Gasteiger charge is -2.18. The van der Waals surface area contributed by atoms with E-state index in [0.29, 0.717) is 31.2 Å². The van der Waals surface area contributed by atoms with Gasteiger partial charge in [0.05, 0.1) is 36.7 Å². The van der Waals surface area contributed by atoms with E-state index in [9.17, 15) is 9.50 Å². The smallest absolute Gasteiger partial charge is 0.222 e. The van der Waals surface area contributed by atoms with Gasteiger partial charge in [0.15, 0.2) is 0 Å². The second-order valence-electron chi connectivity index (χ2n) is 8.53. The van der Waals surface area contributed by atoms with Gasteiger partial charge in [0, 0.05) is 17.3 Å². The third-order valence-electron chi connectivity index (χ3n) is 6.28. The highest BCUT2D eigenvalue weighted by Gasteiger charge is 2.26. The van der Waals surface area contributed by atoms with Crippen molar-refractivity contribution in [3.63, 3.8) is 0 Å². The SMILES string of the molecule is CC1CCc2nn(Cc3ccc(O)c(C4=CCOCC4)c3)c(-c3cccnc3F)c2C1. The molecule has 2 aliphatic rings. The number of hydrogen-bond donors (Lipinski definition) is 1. The number of rotatable bonds is 4. The summed E-state index contributed by atoms with van der Waals surface area (Å²) >= 11 is 0. The van der Waals surface area contributed by atoms with Gasteiger partial charge in [-0.1, -0.05) is 19.1 Å². The van der Waals surface area contributed by atoms with Crippen LogP contribution in [0.3, 0.4) is 0 Å². The van der Waals surface area contributed by atoms with E-state index in [0.717, 1.165) is 59.3 Å². The summed E-state index contributed by atoms with van der Waals surface area (Å²) < 4.78 is 22.0. The first-order valence-electron chi connectivity index (χ1n) is 10.9. The molecule has 0 saturated carbocycles. The number of nitrogens with zero attached hydrogens (tertiary/aromatic N) is 3. The van der Waals surface area contributed by atoms with Crippen LogP contribution in [0.15, 0.2) is 42.6 Å². The van der Waals surface area contributed by atoms with E-state index in [-0.39, 0.29) is 5.75 Å². The molecular formula is C25H26FN3O2. The second-order valence-corrected chi connectivity index (χ2v) is 8.53. The molecule has 1 aliphatic heterocycles. The van der Waals surface area contributed by atoms with Crippen LogP contribution in [0.4, 0.5) is 4.39 Å². The van der Waals surface area contributed by atoms with Crippen molar-refractivity contribution < 1.29 is 14.2 Å². The average molecular weight is 420 g/mol. The van der Waals surface area contributed by atoms with E-state index in [1.807, 2.05) is 22.9 Å². The molecule has 2 aromatic heterocycles. The molecule has 0 bridgehead atoms. The van der Waals surface area contributed by atoms with Crippen molar-refractivity contribution >= 4 is 5.57 Å². The van der Waals surface area contributed by atoms with Crippen molar-refractivity contribution in [1.29, 1.82) is 0 Å². The Morgan fingerprint density at radius 2 is 2.13 bits per heavy atom. The fourth-order valence-electron chi connectivity index (χ4n) is 4.66. The van der Waals surface area contributed by atoms with E-state index in [4.69, 9.17) is 9.84 Å². The first-order valence-corrected chi connectivity index (χ1v) is 10.9. The van der Waals surface area contributed by atoms with Crippen molar-refractivity contribution in [3.05, 3.63) is 70.9 Å². The fourth-order valence-corrected chi connectivity index (χ4v) is 4.66. The van der Waals surface area contributed by atoms with Crippen LogP contribution >= 0.6 is 0 Å². The summed E-state index contributed by atoms with van der Waals surface area (Å²) in [4.78, 5) is 3.88. The Balaban J connectivity index is 1.57. The molecule has 1 N–H and O–H groups in total. The molecular weight excluding hydrogens is 393 g/mol. The molecule has 6 heteroatoms. The monoisotopic (exact) mass is 419 g/mol. The van der Waals surface area contributed by atoms with Gasteiger partial charge in [-0.3, -0.25) is 4.68 Å². The number of hydrogen-bond acceptors (Lipinski definition) is 4. The van der Waals surface area contributed by atoms with E-state index in [1.54, 1.807) is 18.2 Å². The quantitative estimate of drug-likeness (QED) is 0.619. The first kappa shape index (κ1) is 19.9. The van der Waals surface area contributed by atoms with Gasteiger partial charge < -0.3 is 9.84 Å². The lowest BCUT2D eigenvalue weighted by molar-refractivity contribution is 0.161. The topological polar surface area (TPSA) is 60.2 Å². The molecule has 3 heterocycles. The van der Waals surface area contributed by atoms with Crippen LogP contribution in [0.5, 0.6) is 5.75 Å². The number of ether oxygens (including phenoxy) is 1. The van der Waals surface area contributed by atoms with E-state index in [1.165, 1.54) is 6.20 Å². The molecule has 5 nitrogen and oxygen atoms in total. The number of aromatic nitrogens is 3. The van der Waals surface area contributed by atoms with Gasteiger partial charge in [0.2, 0.25) is 5.95 Å². The summed E-state index contributed by atoms with van der Waals surface area (Å²) in [6.45, 7) is 3.96. The lowest BCUT2D eigenvalue weighted by atomic mass is 9.86. The van der Waals surface area contributed by atoms with Crippen LogP contribution < -0.4 is 0 Å². The van der Waals surface area contributed by atoms with Gasteiger partial charge in [0.25, 0.3) is 0 Å². The average Bonchev–Trinajstić information content (AvgIpc) is 3.13. The molecule has 5 rings (SSSR count). The van der Waals surface area contributed by atoms with Crippen LogP contribution in [0, 0.1) is 11.9 Å². The Hall–Kier alpha value is -2.99. The maximum absolute atomic E-state index is 14.7. The maximum atomic E-state index is 14.7. The Morgan fingerprint density at radius 1 is 1.23 bits per heavy atom. The highest BCUT2D eigenvalue weighted by atomic mass is 19.1. The molecule has 0 saturated heterocycles. The number of phenols is 1. The number of aromatic hydroxyl groups is 1. The van der Waals surface area contributed by atoms with Gasteiger partial charge in [-0.15, -0.1) is 0 Å². The summed E-state index contributed by atoms with van der Waals surface area (Å²) in [6, 6.07) is 9.20. The molecule has 0 radical (unpaired) electrons. The summed E-state index contributed by atoms with van der Waals surface area (Å²) in [7, 11) is 0. The largest absolute Gasteiger partial charge is 0.507 e. The van der Waals surface area contributed by atoms with Gasteiger partial charge in [-0.25, -0.2) is 4.98 Å². The minimum absolute atomic E-state index is 0.268. The van der Waals surface area contributed by atoms with Gasteiger partial charge >= 0.3 is 0 Å². The summed E-state index contributed by atoms with van der Waals surface area (Å²) in [5, 5.41) is 15.3. The summed E-state index contributed by atoms with van der Waals surface area (Å²) in [6.07, 6.45) is 7.17. The van der Waals surface area contributed by atoms with Crippen molar-refractivity contribution in [2.45, 2.75) is 39.2 Å². The zero-order valence-corrected chi connectivity index (χ0v) is 17.6. The molecule has 0 amide bonds. The highest BCUT2D eigenvalue weighted by Crippen LogP contribution is 2.36. The predicted octanol–water partition coefficient (Wildman–Crippen LogP) is 4.77. The number of phenolic OH excluding ortho intramolecular Hbond substituents is 1. The third kappa shape index (κ3) is 3.88. The molecule has 3 aromatic rings. The van der Waals surface area contributed by atoms with Crippen molar-refractivity contribution in [2.75, 3.05) is 13.2 Å². The van der Waals surface area contributed by atoms with E-state index >= 15 is 0 Å². The van der Waals surface area contributed by atoms with Crippen LogP contribution in [0.25, 0.3) is 16.8 Å². The molecule has 1 aromatic carbocycles. The summed E-state index contributed by atoms with van der Waals surface area (Å²) in [5.74, 6) is 0.344. The van der Waals surface area contributed by atoms with Gasteiger partial charge in [-0.05, 0) is 67.0 Å². The number of benzene rings is 1. The fraction of sp³-hybridized carbons (Fsp3) is 0.360. The minimum atomic E-state index is -0.469. The molecule has 0 fully saturated rings. The lowest BCUT2D eigenvalue weighted by Crippen LogP contribution is -2.11. The Kier molecular flexibility index (Phi) is 5.32. The number of fused-ring (bicyclic) bond motifs is 1. The second kappa shape index (κ2) is 8.27. The predicted molar refractivity (Wildman–Crippen MR) is 117 cm³/mol. The maximum Gasteiger partial charge on any atom is 0.222 e. The van der Waals surface area contributed by atoms with E-state index < -0.39 is 5.95 Å². The molecule has 1 atom stereocenters. The number of aryl methyl sites for hydroxylation is 1. The van der Waals surface area contributed by atoms with E-state index in [2.05, 4.69) is 11.9 Å². The van der Waals surface area contributed by atoms with Gasteiger partial charge in [0.1, 0.15) is 5.75 Å². The van der Waals surface area contributed by atoms with Crippen LogP contribution in [-0.2, 0) is 24.1 Å². The van der Waals surface area contributed by atoms with Crippen molar-refractivity contribution in [3.8, 4) is 17.0 Å². The van der Waals surface area contributed by atoms with Gasteiger partial charge in [-0.2, -0.15) is 9.49 Å². The Morgan fingerprint density at radius 3 is 2.94 bits per heavy atom. The molecule has 31 heavy (non-hydrogen) atoms. The van der Waals surface area contributed by atoms with Crippen molar-refractivity contribution in [2.24, 2.45) is 5.92 Å². The molecule has 1 unspecified atom stereocenters. The van der Waals surface area contributed by atoms with Crippen LogP contribution in [-0.4, -0.2) is 33.1 Å². The number of pyridine rings is 1. The molecule has 160 valence electrons. The zero-order valence-electron chi connectivity index (χ0n) is 17.6. The Labute approximate surface area is 181 Å². The normalized spacial score (nSPS) is 18.5. The molecule has 1 aliphatic carbocycles. The number of halogens is 1.